The molecule has 0 aliphatic carbocycles. The molecule has 3 aromatic heterocycles. The highest BCUT2D eigenvalue weighted by molar-refractivity contribution is 6.06. The maximum absolute atomic E-state index is 11.4. The molecule has 0 spiro atoms. The minimum absolute atomic E-state index is 0.246. The number of aldehydes is 1. The second kappa shape index (κ2) is 5.05. The lowest BCUT2D eigenvalue weighted by molar-refractivity contribution is 0.112. The van der Waals surface area contributed by atoms with Crippen LogP contribution in [0.4, 0.5) is 0 Å². The van der Waals surface area contributed by atoms with Crippen LogP contribution in [0.1, 0.15) is 30.2 Å². The Kier molecular flexibility index (Phi) is 3.01. The average molecular weight is 304 g/mol. The number of H-pyrrole nitrogens is 1. The third-order valence-corrected chi connectivity index (χ3v) is 4.18. The quantitative estimate of drug-likeness (QED) is 0.582. The number of para-hydroxylation sites is 1. The summed E-state index contributed by atoms with van der Waals surface area (Å²) >= 11 is 0. The van der Waals surface area contributed by atoms with E-state index < -0.39 is 0 Å². The first-order chi connectivity index (χ1) is 11.2. The highest BCUT2D eigenvalue weighted by Gasteiger charge is 2.17. The molecule has 4 rings (SSSR count). The van der Waals surface area contributed by atoms with Crippen molar-refractivity contribution in [1.29, 1.82) is 0 Å². The molecular weight excluding hydrogens is 288 g/mol. The normalized spacial score (nSPS) is 11.6. The van der Waals surface area contributed by atoms with Gasteiger partial charge in [0.15, 0.2) is 6.29 Å². The lowest BCUT2D eigenvalue weighted by Gasteiger charge is -2.13. The summed E-state index contributed by atoms with van der Waals surface area (Å²) < 4.78 is 2.13. The van der Waals surface area contributed by atoms with Crippen LogP contribution >= 0.6 is 0 Å². The molecule has 4 aromatic rings. The summed E-state index contributed by atoms with van der Waals surface area (Å²) in [5, 5.41) is 1.93. The Morgan fingerprint density at radius 3 is 2.83 bits per heavy atom. The number of hydrogen-bond donors (Lipinski definition) is 1. The van der Waals surface area contributed by atoms with Gasteiger partial charge in [-0.15, -0.1) is 0 Å². The summed E-state index contributed by atoms with van der Waals surface area (Å²) in [4.78, 5) is 23.3. The molecule has 5 nitrogen and oxygen atoms in total. The third-order valence-electron chi connectivity index (χ3n) is 4.18. The summed E-state index contributed by atoms with van der Waals surface area (Å²) in [6.45, 7) is 4.22. The summed E-state index contributed by atoms with van der Waals surface area (Å²) in [5.41, 5.74) is 4.43. The van der Waals surface area contributed by atoms with Crippen LogP contribution in [0.25, 0.3) is 33.2 Å². The van der Waals surface area contributed by atoms with E-state index in [4.69, 9.17) is 0 Å². The fourth-order valence-electron chi connectivity index (χ4n) is 3.12. The Hall–Kier alpha value is -2.95. The molecule has 5 heteroatoms. The number of carbonyl (C=O) groups excluding carboxylic acids is 1. The van der Waals surface area contributed by atoms with Crippen LogP contribution in [-0.4, -0.2) is 25.8 Å². The molecule has 0 unspecified atom stereocenters. The smallest absolute Gasteiger partial charge is 0.152 e. The lowest BCUT2D eigenvalue weighted by Crippen LogP contribution is -2.00. The Morgan fingerprint density at radius 2 is 2.04 bits per heavy atom. The minimum atomic E-state index is 0.246. The third kappa shape index (κ3) is 1.97. The molecule has 3 heterocycles. The lowest BCUT2D eigenvalue weighted by atomic mass is 10.0. The average Bonchev–Trinajstić information content (AvgIpc) is 3.18. The zero-order valence-electron chi connectivity index (χ0n) is 12.9. The van der Waals surface area contributed by atoms with E-state index in [1.54, 1.807) is 6.33 Å². The van der Waals surface area contributed by atoms with Crippen LogP contribution in [0.5, 0.6) is 0 Å². The number of nitrogens with zero attached hydrogens (tertiary/aromatic N) is 3. The van der Waals surface area contributed by atoms with Crippen molar-refractivity contribution in [2.45, 2.75) is 19.9 Å². The van der Waals surface area contributed by atoms with Gasteiger partial charge in [-0.3, -0.25) is 4.79 Å². The van der Waals surface area contributed by atoms with Crippen molar-refractivity contribution in [3.05, 3.63) is 48.5 Å². The van der Waals surface area contributed by atoms with Gasteiger partial charge in [0, 0.05) is 40.3 Å². The van der Waals surface area contributed by atoms with Crippen molar-refractivity contribution < 1.29 is 4.79 Å². The zero-order chi connectivity index (χ0) is 16.0. The molecule has 0 saturated carbocycles. The van der Waals surface area contributed by atoms with Gasteiger partial charge in [0.1, 0.15) is 12.0 Å². The monoisotopic (exact) mass is 304 g/mol. The Balaban J connectivity index is 2.14. The number of aromatic amines is 1. The van der Waals surface area contributed by atoms with Crippen LogP contribution in [0.3, 0.4) is 0 Å². The number of fused-ring (bicyclic) bond motifs is 2. The van der Waals surface area contributed by atoms with Gasteiger partial charge in [0.2, 0.25) is 0 Å². The standard InChI is InChI=1S/C18H16N4O/c1-11(2)22-8-12(9-23)13-4-3-5-14(17(13)22)16-15-6-7-19-18(15)21-10-20-16/h3-11H,1-2H3,(H,19,20,21). The van der Waals surface area contributed by atoms with Gasteiger partial charge >= 0.3 is 0 Å². The van der Waals surface area contributed by atoms with E-state index >= 15 is 0 Å². The number of aromatic nitrogens is 4. The van der Waals surface area contributed by atoms with Crippen molar-refractivity contribution >= 4 is 28.2 Å². The number of benzene rings is 1. The van der Waals surface area contributed by atoms with E-state index in [2.05, 4.69) is 33.4 Å². The van der Waals surface area contributed by atoms with Crippen LogP contribution in [-0.2, 0) is 0 Å². The van der Waals surface area contributed by atoms with Crippen molar-refractivity contribution in [3.63, 3.8) is 0 Å². The summed E-state index contributed by atoms with van der Waals surface area (Å²) in [5.74, 6) is 0. The molecule has 0 amide bonds. The molecule has 0 aliphatic heterocycles. The van der Waals surface area contributed by atoms with Crippen LogP contribution in [0.15, 0.2) is 43.0 Å². The molecule has 23 heavy (non-hydrogen) atoms. The van der Waals surface area contributed by atoms with Crippen LogP contribution in [0, 0.1) is 0 Å². The van der Waals surface area contributed by atoms with Gasteiger partial charge in [0.05, 0.1) is 11.2 Å². The van der Waals surface area contributed by atoms with E-state index in [9.17, 15) is 4.79 Å². The van der Waals surface area contributed by atoms with Gasteiger partial charge in [-0.25, -0.2) is 9.97 Å². The van der Waals surface area contributed by atoms with Crippen LogP contribution in [0.2, 0.25) is 0 Å². The molecule has 0 radical (unpaired) electrons. The molecule has 1 N–H and O–H groups in total. The van der Waals surface area contributed by atoms with E-state index in [1.807, 2.05) is 36.7 Å². The Bertz CT molecular complexity index is 1030. The fraction of sp³-hybridized carbons (Fsp3) is 0.167. The zero-order valence-corrected chi connectivity index (χ0v) is 12.9. The first-order valence-electron chi connectivity index (χ1n) is 7.58. The van der Waals surface area contributed by atoms with Gasteiger partial charge in [-0.1, -0.05) is 18.2 Å². The topological polar surface area (TPSA) is 63.6 Å². The second-order valence-electron chi connectivity index (χ2n) is 5.87. The van der Waals surface area contributed by atoms with Gasteiger partial charge in [-0.05, 0) is 19.9 Å². The van der Waals surface area contributed by atoms with Gasteiger partial charge in [-0.2, -0.15) is 0 Å². The molecule has 0 saturated heterocycles. The molecular formula is C18H16N4O. The highest BCUT2D eigenvalue weighted by Crippen LogP contribution is 2.34. The van der Waals surface area contributed by atoms with Gasteiger partial charge in [0.25, 0.3) is 0 Å². The van der Waals surface area contributed by atoms with E-state index in [1.165, 1.54) is 0 Å². The first kappa shape index (κ1) is 13.7. The van der Waals surface area contributed by atoms with E-state index in [0.29, 0.717) is 5.56 Å². The largest absolute Gasteiger partial charge is 0.346 e. The summed E-state index contributed by atoms with van der Waals surface area (Å²) in [6.07, 6.45) is 6.26. The number of hydrogen-bond acceptors (Lipinski definition) is 3. The predicted octanol–water partition coefficient (Wildman–Crippen LogP) is 3.97. The number of rotatable bonds is 3. The first-order valence-corrected chi connectivity index (χ1v) is 7.58. The van der Waals surface area contributed by atoms with Crippen molar-refractivity contribution in [2.75, 3.05) is 0 Å². The summed E-state index contributed by atoms with van der Waals surface area (Å²) in [6, 6.07) is 8.22. The SMILES string of the molecule is CC(C)n1cc(C=O)c2cccc(-c3ncnc4[nH]ccc34)c21. The summed E-state index contributed by atoms with van der Waals surface area (Å²) in [7, 11) is 0. The predicted molar refractivity (Wildman–Crippen MR) is 90.6 cm³/mol. The number of carbonyl (C=O) groups is 1. The molecule has 0 fully saturated rings. The molecule has 0 aliphatic rings. The highest BCUT2D eigenvalue weighted by atomic mass is 16.1. The van der Waals surface area contributed by atoms with Crippen molar-refractivity contribution in [1.82, 2.24) is 19.5 Å². The van der Waals surface area contributed by atoms with Gasteiger partial charge < -0.3 is 9.55 Å². The van der Waals surface area contributed by atoms with Crippen molar-refractivity contribution in [2.24, 2.45) is 0 Å². The van der Waals surface area contributed by atoms with E-state index in [0.717, 1.165) is 39.5 Å². The maximum atomic E-state index is 11.4. The molecule has 0 atom stereocenters. The second-order valence-corrected chi connectivity index (χ2v) is 5.87. The van der Waals surface area contributed by atoms with Crippen molar-refractivity contribution in [3.8, 4) is 11.3 Å². The maximum Gasteiger partial charge on any atom is 0.152 e. The minimum Gasteiger partial charge on any atom is -0.346 e. The number of nitrogens with one attached hydrogen (secondary N) is 1. The van der Waals surface area contributed by atoms with E-state index in [-0.39, 0.29) is 6.04 Å². The Labute approximate surface area is 133 Å². The molecule has 0 bridgehead atoms. The molecule has 1 aromatic carbocycles. The van der Waals surface area contributed by atoms with Crippen LogP contribution < -0.4 is 0 Å². The molecule has 114 valence electrons. The Morgan fingerprint density at radius 1 is 1.17 bits per heavy atom. The fourth-order valence-corrected chi connectivity index (χ4v) is 3.12.